The normalized spacial score (nSPS) is 23.5. The molecule has 26 heavy (non-hydrogen) atoms. The van der Waals surface area contributed by atoms with Gasteiger partial charge < -0.3 is 19.1 Å². The van der Waals surface area contributed by atoms with Crippen molar-refractivity contribution in [3.8, 4) is 11.5 Å². The number of morpholine rings is 1. The first kappa shape index (κ1) is 18.8. The molecule has 1 aromatic carbocycles. The van der Waals surface area contributed by atoms with Crippen molar-refractivity contribution in [2.75, 3.05) is 46.5 Å². The lowest BCUT2D eigenvalue weighted by atomic mass is 10.2. The van der Waals surface area contributed by atoms with Crippen LogP contribution in [0.1, 0.15) is 0 Å². The van der Waals surface area contributed by atoms with Crippen molar-refractivity contribution >= 4 is 5.91 Å². The predicted octanol–water partition coefficient (Wildman–Crippen LogP) is 1.55. The molecule has 2 heterocycles. The van der Waals surface area contributed by atoms with Gasteiger partial charge in [-0.3, -0.25) is 9.69 Å². The van der Waals surface area contributed by atoms with Crippen molar-refractivity contribution in [1.82, 2.24) is 9.80 Å². The topological polar surface area (TPSA) is 51.2 Å². The smallest absolute Gasteiger partial charge is 0.401 e. The number of ether oxygens (including phenoxy) is 3. The highest BCUT2D eigenvalue weighted by molar-refractivity contribution is 5.82. The van der Waals surface area contributed by atoms with Gasteiger partial charge in [-0.1, -0.05) is 12.1 Å². The first-order valence-electron chi connectivity index (χ1n) is 8.35. The molecule has 0 aromatic heterocycles. The number of fused-ring (bicyclic) bond motifs is 1. The van der Waals surface area contributed by atoms with E-state index in [0.29, 0.717) is 11.5 Å². The van der Waals surface area contributed by atoms with Gasteiger partial charge >= 0.3 is 6.18 Å². The van der Waals surface area contributed by atoms with E-state index >= 15 is 0 Å². The summed E-state index contributed by atoms with van der Waals surface area (Å²) in [6.45, 7) is -0.452. The Labute approximate surface area is 149 Å². The van der Waals surface area contributed by atoms with Crippen LogP contribution in [0.2, 0.25) is 0 Å². The molecule has 2 atom stereocenters. The van der Waals surface area contributed by atoms with Crippen LogP contribution in [0, 0.1) is 0 Å². The summed E-state index contributed by atoms with van der Waals surface area (Å²) in [4.78, 5) is 15.2. The molecule has 144 valence electrons. The van der Waals surface area contributed by atoms with E-state index in [1.807, 2.05) is 12.1 Å². The second-order valence-corrected chi connectivity index (χ2v) is 6.39. The summed E-state index contributed by atoms with van der Waals surface area (Å²) in [6, 6.07) is 6.25. The lowest BCUT2D eigenvalue weighted by Gasteiger charge is -2.37. The third kappa shape index (κ3) is 4.59. The van der Waals surface area contributed by atoms with E-state index in [1.165, 1.54) is 4.90 Å². The Morgan fingerprint density at radius 2 is 2.00 bits per heavy atom. The maximum atomic E-state index is 12.7. The quantitative estimate of drug-likeness (QED) is 0.801. The first-order valence-corrected chi connectivity index (χ1v) is 8.35. The monoisotopic (exact) mass is 374 g/mol. The van der Waals surface area contributed by atoms with Crippen LogP contribution in [0.3, 0.4) is 0 Å². The van der Waals surface area contributed by atoms with E-state index in [1.54, 1.807) is 19.2 Å². The summed E-state index contributed by atoms with van der Waals surface area (Å²) in [5, 5.41) is 0. The molecule has 0 spiro atoms. The van der Waals surface area contributed by atoms with Crippen LogP contribution in [0.25, 0.3) is 0 Å². The molecule has 0 bridgehead atoms. The molecule has 1 saturated heterocycles. The standard InChI is InChI=1S/C17H21F3N2O4/c1-21(8-12-9-25-14-4-2-3-5-15(14)26-12)16(23)13-10-24-7-6-22(13)11-17(18,19)20/h2-5,12-13H,6-11H2,1H3. The Hall–Kier alpha value is -2.00. The number of para-hydroxylation sites is 2. The third-order valence-electron chi connectivity index (χ3n) is 4.33. The van der Waals surface area contributed by atoms with Crippen molar-refractivity contribution in [3.63, 3.8) is 0 Å². The highest BCUT2D eigenvalue weighted by Gasteiger charge is 2.39. The Bertz CT molecular complexity index is 641. The SMILES string of the molecule is CN(CC1COc2ccccc2O1)C(=O)C1COCCN1CC(F)(F)F. The molecular weight excluding hydrogens is 353 g/mol. The number of hydrogen-bond acceptors (Lipinski definition) is 5. The van der Waals surface area contributed by atoms with Crippen LogP contribution in [-0.2, 0) is 9.53 Å². The molecule has 1 amide bonds. The molecule has 0 N–H and O–H groups in total. The number of halogens is 3. The first-order chi connectivity index (χ1) is 12.3. The summed E-state index contributed by atoms with van der Waals surface area (Å²) < 4.78 is 54.9. The predicted molar refractivity (Wildman–Crippen MR) is 86.2 cm³/mol. The zero-order valence-corrected chi connectivity index (χ0v) is 14.4. The van der Waals surface area contributed by atoms with Crippen LogP contribution < -0.4 is 9.47 Å². The largest absolute Gasteiger partial charge is 0.486 e. The fourth-order valence-corrected chi connectivity index (χ4v) is 3.09. The minimum absolute atomic E-state index is 0.0515. The van der Waals surface area contributed by atoms with Gasteiger partial charge in [0, 0.05) is 13.6 Å². The number of carbonyl (C=O) groups is 1. The number of benzene rings is 1. The molecule has 1 fully saturated rings. The molecule has 0 radical (unpaired) electrons. The fraction of sp³-hybridized carbons (Fsp3) is 0.588. The zero-order chi connectivity index (χ0) is 18.7. The van der Waals surface area contributed by atoms with E-state index < -0.39 is 24.7 Å². The van der Waals surface area contributed by atoms with Crippen molar-refractivity contribution in [2.24, 2.45) is 0 Å². The maximum absolute atomic E-state index is 12.7. The molecule has 3 rings (SSSR count). The van der Waals surface area contributed by atoms with E-state index in [-0.39, 0.29) is 39.0 Å². The zero-order valence-electron chi connectivity index (χ0n) is 14.4. The number of nitrogens with zero attached hydrogens (tertiary/aromatic N) is 2. The summed E-state index contributed by atoms with van der Waals surface area (Å²) in [5.74, 6) is 0.801. The third-order valence-corrected chi connectivity index (χ3v) is 4.33. The van der Waals surface area contributed by atoms with Crippen LogP contribution in [0.4, 0.5) is 13.2 Å². The lowest BCUT2D eigenvalue weighted by Crippen LogP contribution is -2.57. The van der Waals surface area contributed by atoms with Crippen molar-refractivity contribution < 1.29 is 32.2 Å². The number of rotatable bonds is 4. The van der Waals surface area contributed by atoms with Gasteiger partial charge in [-0.2, -0.15) is 13.2 Å². The summed E-state index contributed by atoms with van der Waals surface area (Å²) >= 11 is 0. The summed E-state index contributed by atoms with van der Waals surface area (Å²) in [6.07, 6.45) is -4.75. The Morgan fingerprint density at radius 1 is 1.27 bits per heavy atom. The fourth-order valence-electron chi connectivity index (χ4n) is 3.09. The van der Waals surface area contributed by atoms with Crippen LogP contribution in [0.5, 0.6) is 11.5 Å². The van der Waals surface area contributed by atoms with Crippen molar-refractivity contribution in [1.29, 1.82) is 0 Å². The van der Waals surface area contributed by atoms with Crippen LogP contribution >= 0.6 is 0 Å². The number of hydrogen-bond donors (Lipinski definition) is 0. The highest BCUT2D eigenvalue weighted by atomic mass is 19.4. The van der Waals surface area contributed by atoms with Gasteiger partial charge in [-0.05, 0) is 12.1 Å². The van der Waals surface area contributed by atoms with Gasteiger partial charge in [0.05, 0.1) is 26.3 Å². The Balaban J connectivity index is 1.60. The van der Waals surface area contributed by atoms with Gasteiger partial charge in [0.1, 0.15) is 12.6 Å². The maximum Gasteiger partial charge on any atom is 0.401 e. The molecule has 2 aliphatic heterocycles. The van der Waals surface area contributed by atoms with E-state index in [9.17, 15) is 18.0 Å². The molecule has 1 aromatic rings. The second-order valence-electron chi connectivity index (χ2n) is 6.39. The second kappa shape index (κ2) is 7.71. The average molecular weight is 374 g/mol. The number of likely N-dealkylation sites (N-methyl/N-ethyl adjacent to an activating group) is 1. The Kier molecular flexibility index (Phi) is 5.57. The molecule has 6 nitrogen and oxygen atoms in total. The molecule has 2 aliphatic rings. The minimum Gasteiger partial charge on any atom is -0.486 e. The number of alkyl halides is 3. The highest BCUT2D eigenvalue weighted by Crippen LogP contribution is 2.31. The van der Waals surface area contributed by atoms with E-state index in [2.05, 4.69) is 0 Å². The van der Waals surface area contributed by atoms with Gasteiger partial charge in [0.2, 0.25) is 5.91 Å². The summed E-state index contributed by atoms with van der Waals surface area (Å²) in [5.41, 5.74) is 0. The Morgan fingerprint density at radius 3 is 2.73 bits per heavy atom. The van der Waals surface area contributed by atoms with Gasteiger partial charge in [-0.25, -0.2) is 0 Å². The minimum atomic E-state index is -4.36. The lowest BCUT2D eigenvalue weighted by molar-refractivity contribution is -0.170. The van der Waals surface area contributed by atoms with Gasteiger partial charge in [-0.15, -0.1) is 0 Å². The average Bonchev–Trinajstić information content (AvgIpc) is 2.60. The molecular formula is C17H21F3N2O4. The number of carbonyl (C=O) groups excluding carboxylic acids is 1. The molecule has 0 aliphatic carbocycles. The molecule has 0 saturated carbocycles. The molecule has 9 heteroatoms. The van der Waals surface area contributed by atoms with Crippen molar-refractivity contribution in [2.45, 2.75) is 18.3 Å². The van der Waals surface area contributed by atoms with Crippen LogP contribution in [0.15, 0.2) is 24.3 Å². The summed E-state index contributed by atoms with van der Waals surface area (Å²) in [7, 11) is 1.55. The van der Waals surface area contributed by atoms with Crippen LogP contribution in [-0.4, -0.2) is 80.5 Å². The van der Waals surface area contributed by atoms with E-state index in [4.69, 9.17) is 14.2 Å². The number of amides is 1. The van der Waals surface area contributed by atoms with Gasteiger partial charge in [0.15, 0.2) is 17.6 Å². The van der Waals surface area contributed by atoms with Crippen molar-refractivity contribution in [3.05, 3.63) is 24.3 Å². The van der Waals surface area contributed by atoms with E-state index in [0.717, 1.165) is 4.90 Å². The van der Waals surface area contributed by atoms with Gasteiger partial charge in [0.25, 0.3) is 0 Å². The molecule has 2 unspecified atom stereocenters.